The lowest BCUT2D eigenvalue weighted by Crippen LogP contribution is -2.44. The fourth-order valence-corrected chi connectivity index (χ4v) is 1.52. The van der Waals surface area contributed by atoms with Crippen LogP contribution in [0.5, 0.6) is 0 Å². The van der Waals surface area contributed by atoms with Crippen LogP contribution in [-0.4, -0.2) is 18.5 Å². The molecule has 0 saturated carbocycles. The predicted molar refractivity (Wildman–Crippen MR) is 69.1 cm³/mol. The lowest BCUT2D eigenvalue weighted by atomic mass is 9.99. The highest BCUT2D eigenvalue weighted by Gasteiger charge is 2.18. The van der Waals surface area contributed by atoms with Crippen LogP contribution in [0.25, 0.3) is 0 Å². The van der Waals surface area contributed by atoms with Gasteiger partial charge in [-0.05, 0) is 18.3 Å². The zero-order valence-electron chi connectivity index (χ0n) is 11.3. The summed E-state index contributed by atoms with van der Waals surface area (Å²) in [5.41, 5.74) is 5.82. The van der Waals surface area contributed by atoms with E-state index in [-0.39, 0.29) is 17.9 Å². The topological polar surface area (TPSA) is 55.1 Å². The van der Waals surface area contributed by atoms with Crippen molar-refractivity contribution >= 4 is 5.91 Å². The van der Waals surface area contributed by atoms with Gasteiger partial charge in [-0.25, -0.2) is 0 Å². The number of nitrogens with two attached hydrogens (primary N) is 1. The van der Waals surface area contributed by atoms with Crippen LogP contribution >= 0.6 is 0 Å². The van der Waals surface area contributed by atoms with Crippen LogP contribution in [0.1, 0.15) is 53.4 Å². The Morgan fingerprint density at radius 1 is 1.25 bits per heavy atom. The molecule has 3 N–H and O–H groups in total. The van der Waals surface area contributed by atoms with E-state index in [1.54, 1.807) is 0 Å². The van der Waals surface area contributed by atoms with Gasteiger partial charge in [-0.3, -0.25) is 4.79 Å². The number of hydrogen-bond acceptors (Lipinski definition) is 2. The van der Waals surface area contributed by atoms with Crippen LogP contribution in [-0.2, 0) is 4.79 Å². The molecular weight excluding hydrogens is 200 g/mol. The number of unbranched alkanes of at least 4 members (excludes halogenated alkanes) is 1. The third-order valence-electron chi connectivity index (χ3n) is 3.07. The number of hydrogen-bond donors (Lipinski definition) is 2. The Bertz CT molecular complexity index is 192. The molecular formula is C13H28N2O. The van der Waals surface area contributed by atoms with Crippen LogP contribution in [0.15, 0.2) is 0 Å². The minimum atomic E-state index is -0.352. The summed E-state index contributed by atoms with van der Waals surface area (Å²) in [7, 11) is 0. The van der Waals surface area contributed by atoms with Crippen molar-refractivity contribution < 1.29 is 4.79 Å². The molecule has 0 aliphatic carbocycles. The summed E-state index contributed by atoms with van der Waals surface area (Å²) < 4.78 is 0. The standard InChI is InChI=1S/C13H28N2O/c1-5-11(4)12(14)13(16)15-9-7-6-8-10(2)3/h10-12H,5-9,14H2,1-4H3,(H,15,16)/t11-,12-/m0/s1. The first-order valence-corrected chi connectivity index (χ1v) is 6.52. The van der Waals surface area contributed by atoms with Crippen molar-refractivity contribution in [1.29, 1.82) is 0 Å². The van der Waals surface area contributed by atoms with E-state index in [1.807, 2.05) is 6.92 Å². The molecule has 0 radical (unpaired) electrons. The second-order valence-electron chi connectivity index (χ2n) is 5.09. The average molecular weight is 228 g/mol. The maximum atomic E-state index is 11.6. The second kappa shape index (κ2) is 8.57. The maximum absolute atomic E-state index is 11.6. The summed E-state index contributed by atoms with van der Waals surface area (Å²) in [5.74, 6) is 1.01. The van der Waals surface area contributed by atoms with E-state index in [1.165, 1.54) is 12.8 Å². The summed E-state index contributed by atoms with van der Waals surface area (Å²) >= 11 is 0. The van der Waals surface area contributed by atoms with Crippen LogP contribution in [0.2, 0.25) is 0 Å². The Balaban J connectivity index is 3.57. The van der Waals surface area contributed by atoms with Gasteiger partial charge in [0.05, 0.1) is 6.04 Å². The summed E-state index contributed by atoms with van der Waals surface area (Å²) in [6.07, 6.45) is 4.41. The number of rotatable bonds is 8. The van der Waals surface area contributed by atoms with E-state index >= 15 is 0 Å². The zero-order chi connectivity index (χ0) is 12.6. The molecule has 0 aromatic carbocycles. The Morgan fingerprint density at radius 3 is 2.38 bits per heavy atom. The highest BCUT2D eigenvalue weighted by molar-refractivity contribution is 5.81. The second-order valence-corrected chi connectivity index (χ2v) is 5.09. The summed E-state index contributed by atoms with van der Waals surface area (Å²) in [6, 6.07) is -0.352. The summed E-state index contributed by atoms with van der Waals surface area (Å²) in [4.78, 5) is 11.6. The van der Waals surface area contributed by atoms with E-state index in [0.29, 0.717) is 0 Å². The van der Waals surface area contributed by atoms with Gasteiger partial charge in [0.25, 0.3) is 0 Å². The Kier molecular flexibility index (Phi) is 8.26. The molecule has 0 bridgehead atoms. The van der Waals surface area contributed by atoms with E-state index < -0.39 is 0 Å². The van der Waals surface area contributed by atoms with Gasteiger partial charge < -0.3 is 11.1 Å². The molecule has 3 nitrogen and oxygen atoms in total. The fourth-order valence-electron chi connectivity index (χ4n) is 1.52. The molecule has 1 amide bonds. The Hall–Kier alpha value is -0.570. The SMILES string of the molecule is CC[C@H](C)[C@H](N)C(=O)NCCCCC(C)C. The van der Waals surface area contributed by atoms with Crippen molar-refractivity contribution in [2.45, 2.75) is 59.4 Å². The van der Waals surface area contributed by atoms with E-state index in [4.69, 9.17) is 5.73 Å². The van der Waals surface area contributed by atoms with Gasteiger partial charge in [0.2, 0.25) is 5.91 Å². The highest BCUT2D eigenvalue weighted by Crippen LogP contribution is 2.06. The minimum Gasteiger partial charge on any atom is -0.355 e. The van der Waals surface area contributed by atoms with E-state index in [2.05, 4.69) is 26.1 Å². The Morgan fingerprint density at radius 2 is 1.88 bits per heavy atom. The average Bonchev–Trinajstić information content (AvgIpc) is 2.25. The molecule has 2 atom stereocenters. The van der Waals surface area contributed by atoms with Gasteiger partial charge in [0.1, 0.15) is 0 Å². The van der Waals surface area contributed by atoms with Crippen LogP contribution in [0.3, 0.4) is 0 Å². The lowest BCUT2D eigenvalue weighted by Gasteiger charge is -2.17. The van der Waals surface area contributed by atoms with Crippen LogP contribution in [0, 0.1) is 11.8 Å². The molecule has 0 heterocycles. The van der Waals surface area contributed by atoms with Crippen molar-refractivity contribution in [2.24, 2.45) is 17.6 Å². The smallest absolute Gasteiger partial charge is 0.237 e. The van der Waals surface area contributed by atoms with Crippen LogP contribution in [0.4, 0.5) is 0 Å². The first-order chi connectivity index (χ1) is 7.49. The first kappa shape index (κ1) is 15.4. The van der Waals surface area contributed by atoms with E-state index in [0.717, 1.165) is 25.3 Å². The molecule has 0 aliphatic rings. The van der Waals surface area contributed by atoms with Crippen molar-refractivity contribution in [3.8, 4) is 0 Å². The van der Waals surface area contributed by atoms with Gasteiger partial charge >= 0.3 is 0 Å². The molecule has 0 fully saturated rings. The zero-order valence-corrected chi connectivity index (χ0v) is 11.3. The van der Waals surface area contributed by atoms with Crippen molar-refractivity contribution in [3.05, 3.63) is 0 Å². The molecule has 0 aliphatic heterocycles. The summed E-state index contributed by atoms with van der Waals surface area (Å²) in [5, 5.41) is 2.91. The molecule has 3 heteroatoms. The van der Waals surface area contributed by atoms with Gasteiger partial charge in [-0.1, -0.05) is 47.0 Å². The van der Waals surface area contributed by atoms with Crippen molar-refractivity contribution in [1.82, 2.24) is 5.32 Å². The third kappa shape index (κ3) is 6.83. The molecule has 0 rings (SSSR count). The molecule has 0 aromatic heterocycles. The minimum absolute atomic E-state index is 0.00102. The normalized spacial score (nSPS) is 14.9. The largest absolute Gasteiger partial charge is 0.355 e. The van der Waals surface area contributed by atoms with Gasteiger partial charge in [-0.2, -0.15) is 0 Å². The Labute approximate surface area is 100 Å². The number of nitrogens with one attached hydrogen (secondary N) is 1. The number of carbonyl (C=O) groups is 1. The quantitative estimate of drug-likeness (QED) is 0.626. The fraction of sp³-hybridized carbons (Fsp3) is 0.923. The monoisotopic (exact) mass is 228 g/mol. The highest BCUT2D eigenvalue weighted by atomic mass is 16.2. The van der Waals surface area contributed by atoms with Crippen molar-refractivity contribution in [3.63, 3.8) is 0 Å². The van der Waals surface area contributed by atoms with Gasteiger partial charge in [0.15, 0.2) is 0 Å². The van der Waals surface area contributed by atoms with Gasteiger partial charge in [-0.15, -0.1) is 0 Å². The molecule has 0 saturated heterocycles. The first-order valence-electron chi connectivity index (χ1n) is 6.52. The van der Waals surface area contributed by atoms with E-state index in [9.17, 15) is 4.79 Å². The summed E-state index contributed by atoms with van der Waals surface area (Å²) in [6.45, 7) is 9.27. The molecule has 0 unspecified atom stereocenters. The molecule has 0 spiro atoms. The number of amides is 1. The van der Waals surface area contributed by atoms with Crippen molar-refractivity contribution in [2.75, 3.05) is 6.54 Å². The maximum Gasteiger partial charge on any atom is 0.237 e. The molecule has 96 valence electrons. The van der Waals surface area contributed by atoms with Crippen LogP contribution < -0.4 is 11.1 Å². The molecule has 16 heavy (non-hydrogen) atoms. The number of carbonyl (C=O) groups excluding carboxylic acids is 1. The van der Waals surface area contributed by atoms with Gasteiger partial charge in [0, 0.05) is 6.54 Å². The molecule has 0 aromatic rings. The predicted octanol–water partition coefficient (Wildman–Crippen LogP) is 2.30. The lowest BCUT2D eigenvalue weighted by molar-refractivity contribution is -0.123. The third-order valence-corrected chi connectivity index (χ3v) is 3.07.